The first kappa shape index (κ1) is 22.2. The fourth-order valence-corrected chi connectivity index (χ4v) is 4.81. The van der Waals surface area contributed by atoms with Gasteiger partial charge in [0.2, 0.25) is 5.01 Å². The number of urea groups is 1. The molecule has 166 valence electrons. The molecular weight excluding hydrogens is 446 g/mol. The largest absolute Gasteiger partial charge is 0.324 e. The molecule has 1 aliphatic rings. The van der Waals surface area contributed by atoms with Gasteiger partial charge in [-0.2, -0.15) is 0 Å². The van der Waals surface area contributed by atoms with Crippen molar-refractivity contribution < 1.29 is 9.59 Å². The molecule has 2 aromatic carbocycles. The number of carbonyl (C=O) groups is 2. The van der Waals surface area contributed by atoms with Crippen molar-refractivity contribution in [1.29, 1.82) is 0 Å². The molecule has 9 heteroatoms. The number of rotatable bonds is 4. The number of likely N-dealkylation sites (tertiary alicyclic amines) is 1. The van der Waals surface area contributed by atoms with Gasteiger partial charge in [0.25, 0.3) is 5.91 Å². The molecule has 0 bridgehead atoms. The number of nitrogens with one attached hydrogen (secondary N) is 2. The normalized spacial score (nSPS) is 16.0. The van der Waals surface area contributed by atoms with Crippen molar-refractivity contribution in [3.8, 4) is 0 Å². The van der Waals surface area contributed by atoms with Crippen LogP contribution in [-0.4, -0.2) is 40.1 Å². The highest BCUT2D eigenvalue weighted by molar-refractivity contribution is 7.13. The summed E-state index contributed by atoms with van der Waals surface area (Å²) >= 11 is 7.24. The Labute approximate surface area is 195 Å². The van der Waals surface area contributed by atoms with Crippen molar-refractivity contribution in [2.24, 2.45) is 0 Å². The van der Waals surface area contributed by atoms with Gasteiger partial charge in [-0.1, -0.05) is 46.7 Å². The maximum absolute atomic E-state index is 12.8. The molecule has 1 aromatic heterocycles. The maximum Gasteiger partial charge on any atom is 0.321 e. The molecule has 2 heterocycles. The molecule has 3 amide bonds. The Morgan fingerprint density at radius 1 is 1.12 bits per heavy atom. The number of nitrogens with zero attached hydrogens (tertiary/aromatic N) is 3. The van der Waals surface area contributed by atoms with Gasteiger partial charge in [-0.25, -0.2) is 4.79 Å². The summed E-state index contributed by atoms with van der Waals surface area (Å²) in [5.74, 6) is -0.268. The molecule has 32 heavy (non-hydrogen) atoms. The van der Waals surface area contributed by atoms with E-state index in [1.165, 1.54) is 11.3 Å². The van der Waals surface area contributed by atoms with Gasteiger partial charge in [-0.3, -0.25) is 4.79 Å². The summed E-state index contributed by atoms with van der Waals surface area (Å²) in [7, 11) is 0. The van der Waals surface area contributed by atoms with Crippen LogP contribution in [0.5, 0.6) is 0 Å². The zero-order valence-corrected chi connectivity index (χ0v) is 19.5. The molecular formula is C23H24ClN5O2S. The third kappa shape index (κ3) is 5.26. The first-order chi connectivity index (χ1) is 15.4. The monoisotopic (exact) mass is 469 g/mol. The fourth-order valence-electron chi connectivity index (χ4n) is 3.75. The molecule has 3 aromatic rings. The van der Waals surface area contributed by atoms with Gasteiger partial charge in [0.1, 0.15) is 5.01 Å². The Morgan fingerprint density at radius 3 is 2.75 bits per heavy atom. The standard InChI is InChI=1S/C23H24ClN5O2S/c1-14-8-9-19(15(2)11-14)26-23(31)29-10-4-5-16(13-29)21-27-28-22(32-21)20(30)25-18-7-3-6-17(24)12-18/h3,6-9,11-12,16H,4-5,10,13H2,1-2H3,(H,25,30)(H,26,31). The van der Waals surface area contributed by atoms with Crippen LogP contribution >= 0.6 is 22.9 Å². The lowest BCUT2D eigenvalue weighted by Gasteiger charge is -2.31. The van der Waals surface area contributed by atoms with Gasteiger partial charge in [0, 0.05) is 35.4 Å². The molecule has 1 aliphatic heterocycles. The number of piperidine rings is 1. The van der Waals surface area contributed by atoms with Crippen LogP contribution in [0.15, 0.2) is 42.5 Å². The molecule has 1 unspecified atom stereocenters. The van der Waals surface area contributed by atoms with Gasteiger partial charge in [0.15, 0.2) is 0 Å². The average molecular weight is 470 g/mol. The number of aryl methyl sites for hydroxylation is 2. The highest BCUT2D eigenvalue weighted by Crippen LogP contribution is 2.30. The molecule has 0 aliphatic carbocycles. The van der Waals surface area contributed by atoms with Crippen LogP contribution in [0.25, 0.3) is 0 Å². The molecule has 0 spiro atoms. The lowest BCUT2D eigenvalue weighted by molar-refractivity contribution is 0.102. The lowest BCUT2D eigenvalue weighted by Crippen LogP contribution is -2.41. The van der Waals surface area contributed by atoms with E-state index in [0.29, 0.717) is 23.8 Å². The molecule has 7 nitrogen and oxygen atoms in total. The zero-order valence-electron chi connectivity index (χ0n) is 17.9. The molecule has 1 saturated heterocycles. The van der Waals surface area contributed by atoms with E-state index in [4.69, 9.17) is 11.6 Å². The van der Waals surface area contributed by atoms with E-state index in [2.05, 4.69) is 20.8 Å². The second-order valence-electron chi connectivity index (χ2n) is 7.94. The minimum absolute atomic E-state index is 0.0545. The van der Waals surface area contributed by atoms with Gasteiger partial charge in [-0.15, -0.1) is 10.2 Å². The minimum atomic E-state index is -0.323. The number of halogens is 1. The highest BCUT2D eigenvalue weighted by Gasteiger charge is 2.28. The first-order valence-electron chi connectivity index (χ1n) is 10.4. The van der Waals surface area contributed by atoms with Gasteiger partial charge >= 0.3 is 6.03 Å². The average Bonchev–Trinajstić information content (AvgIpc) is 3.26. The number of hydrogen-bond acceptors (Lipinski definition) is 5. The summed E-state index contributed by atoms with van der Waals surface area (Å²) in [4.78, 5) is 27.2. The van der Waals surface area contributed by atoms with Crippen molar-refractivity contribution in [3.63, 3.8) is 0 Å². The maximum atomic E-state index is 12.8. The number of anilines is 2. The van der Waals surface area contributed by atoms with Crippen molar-refractivity contribution in [2.75, 3.05) is 23.7 Å². The van der Waals surface area contributed by atoms with E-state index in [0.717, 1.165) is 34.7 Å². The van der Waals surface area contributed by atoms with Crippen molar-refractivity contribution in [2.45, 2.75) is 32.6 Å². The van der Waals surface area contributed by atoms with Crippen LogP contribution in [0, 0.1) is 13.8 Å². The van der Waals surface area contributed by atoms with Crippen molar-refractivity contribution in [3.05, 3.63) is 68.6 Å². The summed E-state index contributed by atoms with van der Waals surface area (Å²) in [5.41, 5.74) is 3.61. The Bertz CT molecular complexity index is 1150. The van der Waals surface area contributed by atoms with Crippen molar-refractivity contribution >= 4 is 46.3 Å². The molecule has 4 rings (SSSR count). The van der Waals surface area contributed by atoms with Gasteiger partial charge < -0.3 is 15.5 Å². The van der Waals surface area contributed by atoms with Gasteiger partial charge in [0.05, 0.1) is 0 Å². The second kappa shape index (κ2) is 9.67. The van der Waals surface area contributed by atoms with Crippen LogP contribution in [0.3, 0.4) is 0 Å². The van der Waals surface area contributed by atoms with E-state index in [-0.39, 0.29) is 22.9 Å². The summed E-state index contributed by atoms with van der Waals surface area (Å²) in [6.07, 6.45) is 1.77. The van der Waals surface area contributed by atoms with Crippen LogP contribution in [-0.2, 0) is 0 Å². The summed E-state index contributed by atoms with van der Waals surface area (Å²) in [5, 5.41) is 15.7. The number of amides is 3. The summed E-state index contributed by atoms with van der Waals surface area (Å²) < 4.78 is 0. The zero-order chi connectivity index (χ0) is 22.7. The van der Waals surface area contributed by atoms with Crippen LogP contribution in [0.1, 0.15) is 44.7 Å². The second-order valence-corrected chi connectivity index (χ2v) is 9.39. The van der Waals surface area contributed by atoms with E-state index < -0.39 is 0 Å². The van der Waals surface area contributed by atoms with E-state index in [9.17, 15) is 9.59 Å². The van der Waals surface area contributed by atoms with Crippen LogP contribution in [0.4, 0.5) is 16.2 Å². The quantitative estimate of drug-likeness (QED) is 0.530. The van der Waals surface area contributed by atoms with E-state index in [1.54, 1.807) is 29.2 Å². The Balaban J connectivity index is 1.39. The molecule has 1 atom stereocenters. The Kier molecular flexibility index (Phi) is 6.72. The van der Waals surface area contributed by atoms with Crippen LogP contribution < -0.4 is 10.6 Å². The number of hydrogen-bond donors (Lipinski definition) is 2. The number of carbonyl (C=O) groups excluding carboxylic acids is 2. The third-order valence-corrected chi connectivity index (χ3v) is 6.72. The Morgan fingerprint density at radius 2 is 1.97 bits per heavy atom. The van der Waals surface area contributed by atoms with E-state index in [1.807, 2.05) is 32.0 Å². The lowest BCUT2D eigenvalue weighted by atomic mass is 9.99. The molecule has 0 saturated carbocycles. The summed E-state index contributed by atoms with van der Waals surface area (Å²) in [6, 6.07) is 12.8. The molecule has 1 fully saturated rings. The predicted octanol–water partition coefficient (Wildman–Crippen LogP) is 5.47. The SMILES string of the molecule is Cc1ccc(NC(=O)N2CCCC(c3nnc(C(=O)Nc4cccc(Cl)c4)s3)C2)c(C)c1. The third-order valence-electron chi connectivity index (χ3n) is 5.40. The topological polar surface area (TPSA) is 87.2 Å². The van der Waals surface area contributed by atoms with E-state index >= 15 is 0 Å². The fraction of sp³-hybridized carbons (Fsp3) is 0.304. The van der Waals surface area contributed by atoms with Gasteiger partial charge in [-0.05, 0) is 56.5 Å². The van der Waals surface area contributed by atoms with Crippen molar-refractivity contribution in [1.82, 2.24) is 15.1 Å². The summed E-state index contributed by atoms with van der Waals surface area (Å²) in [6.45, 7) is 5.24. The van der Waals surface area contributed by atoms with Crippen LogP contribution in [0.2, 0.25) is 5.02 Å². The predicted molar refractivity (Wildman–Crippen MR) is 128 cm³/mol. The molecule has 0 radical (unpaired) electrons. The smallest absolute Gasteiger partial charge is 0.321 e. The Hall–Kier alpha value is -2.97. The number of benzene rings is 2. The number of aromatic nitrogens is 2. The minimum Gasteiger partial charge on any atom is -0.324 e. The first-order valence-corrected chi connectivity index (χ1v) is 11.6. The highest BCUT2D eigenvalue weighted by atomic mass is 35.5. The molecule has 2 N–H and O–H groups in total.